The van der Waals surface area contributed by atoms with E-state index in [0.29, 0.717) is 10.9 Å². The van der Waals surface area contributed by atoms with Gasteiger partial charge >= 0.3 is 11.4 Å². The number of benzene rings is 1. The quantitative estimate of drug-likeness (QED) is 0.690. The smallest absolute Gasteiger partial charge is 0.388 e. The molecule has 0 radical (unpaired) electrons. The molecule has 0 fully saturated rings. The summed E-state index contributed by atoms with van der Waals surface area (Å²) in [6, 6.07) is 5.04. The first-order valence-electron chi connectivity index (χ1n) is 4.05. The molecule has 2 aromatic rings. The zero-order valence-corrected chi connectivity index (χ0v) is 7.46. The van der Waals surface area contributed by atoms with E-state index in [2.05, 4.69) is 14.7 Å². The maximum Gasteiger partial charge on any atom is 0.419 e. The van der Waals surface area contributed by atoms with Crippen molar-refractivity contribution in [1.29, 1.82) is 0 Å². The molecule has 1 aromatic carbocycles. The second-order valence-corrected chi connectivity index (χ2v) is 2.81. The van der Waals surface area contributed by atoms with Crippen LogP contribution in [0.1, 0.15) is 0 Å². The van der Waals surface area contributed by atoms with Gasteiger partial charge in [0.2, 0.25) is 0 Å². The van der Waals surface area contributed by atoms with E-state index >= 15 is 0 Å². The van der Waals surface area contributed by atoms with Crippen LogP contribution in [0, 0.1) is 0 Å². The summed E-state index contributed by atoms with van der Waals surface area (Å²) in [5.74, 6) is -0.736. The highest BCUT2D eigenvalue weighted by atomic mass is 16.4. The predicted octanol–water partition coefficient (Wildman–Crippen LogP) is 0.523. The van der Waals surface area contributed by atoms with Gasteiger partial charge in [0, 0.05) is 12.7 Å². The number of nitrogens with one attached hydrogen (secondary N) is 2. The van der Waals surface area contributed by atoms with E-state index in [1.807, 2.05) is 0 Å². The minimum Gasteiger partial charge on any atom is -0.388 e. The summed E-state index contributed by atoms with van der Waals surface area (Å²) in [5.41, 5.74) is 0.642. The number of H-pyrrole nitrogens is 1. The van der Waals surface area contributed by atoms with E-state index in [-0.39, 0.29) is 0 Å². The molecule has 0 amide bonds. The lowest BCUT2D eigenvalue weighted by Crippen LogP contribution is -2.14. The Labute approximate surface area is 78.4 Å². The maximum absolute atomic E-state index is 11.3. The molecule has 5 heteroatoms. The first-order chi connectivity index (χ1) is 6.70. The van der Waals surface area contributed by atoms with Crippen molar-refractivity contribution in [2.45, 2.75) is 0 Å². The topological polar surface area (TPSA) is 75.1 Å². The molecule has 5 nitrogen and oxygen atoms in total. The van der Waals surface area contributed by atoms with Crippen LogP contribution in [0.15, 0.2) is 32.2 Å². The molecule has 0 bridgehead atoms. The van der Waals surface area contributed by atoms with E-state index in [0.717, 1.165) is 5.69 Å². The van der Waals surface area contributed by atoms with Crippen LogP contribution in [-0.2, 0) is 0 Å². The van der Waals surface area contributed by atoms with Crippen molar-refractivity contribution in [3.8, 4) is 0 Å². The van der Waals surface area contributed by atoms with Gasteiger partial charge in [0.15, 0.2) is 0 Å². The van der Waals surface area contributed by atoms with Crippen molar-refractivity contribution >= 4 is 16.6 Å². The van der Waals surface area contributed by atoms with Gasteiger partial charge in [-0.15, -0.1) is 0 Å². The Morgan fingerprint density at radius 3 is 2.86 bits per heavy atom. The molecule has 1 heterocycles. The largest absolute Gasteiger partial charge is 0.419 e. The Bertz CT molecular complexity index is 582. The average molecular weight is 192 g/mol. The Balaban J connectivity index is 2.89. The van der Waals surface area contributed by atoms with Crippen LogP contribution < -0.4 is 16.7 Å². The van der Waals surface area contributed by atoms with Crippen LogP contribution in [0.2, 0.25) is 0 Å². The normalized spacial score (nSPS) is 10.4. The molecular weight excluding hydrogens is 184 g/mol. The fraction of sp³-hybridized carbons (Fsp3) is 0.111. The van der Waals surface area contributed by atoms with Crippen LogP contribution in [0.25, 0.3) is 10.9 Å². The van der Waals surface area contributed by atoms with Crippen LogP contribution >= 0.6 is 0 Å². The molecular formula is C9H8N2O3. The van der Waals surface area contributed by atoms with Crippen molar-refractivity contribution in [3.63, 3.8) is 0 Å². The molecule has 0 saturated carbocycles. The lowest BCUT2D eigenvalue weighted by atomic mass is 10.2. The van der Waals surface area contributed by atoms with E-state index < -0.39 is 11.4 Å². The molecule has 1 aromatic heterocycles. The van der Waals surface area contributed by atoms with Crippen molar-refractivity contribution in [2.24, 2.45) is 0 Å². The van der Waals surface area contributed by atoms with Crippen molar-refractivity contribution in [3.05, 3.63) is 39.2 Å². The fourth-order valence-corrected chi connectivity index (χ4v) is 1.25. The van der Waals surface area contributed by atoms with Crippen LogP contribution in [0.4, 0.5) is 5.69 Å². The number of aromatic nitrogens is 1. The fourth-order valence-electron chi connectivity index (χ4n) is 1.25. The van der Waals surface area contributed by atoms with Gasteiger partial charge in [-0.1, -0.05) is 0 Å². The number of anilines is 1. The first-order valence-corrected chi connectivity index (χ1v) is 4.05. The molecule has 0 saturated heterocycles. The Hall–Kier alpha value is -2.04. The predicted molar refractivity (Wildman–Crippen MR) is 52.7 cm³/mol. The highest BCUT2D eigenvalue weighted by Gasteiger charge is 2.02. The van der Waals surface area contributed by atoms with Crippen LogP contribution in [0.5, 0.6) is 0 Å². The van der Waals surface area contributed by atoms with Gasteiger partial charge in [-0.05, 0) is 18.2 Å². The standard InChI is InChI=1S/C9H8N2O3/c1-10-5-2-3-7-6(4-5)8(12)14-9(13)11-7/h2-4,10H,1H3,(H,11,13). The summed E-state index contributed by atoms with van der Waals surface area (Å²) in [4.78, 5) is 24.5. The summed E-state index contributed by atoms with van der Waals surface area (Å²) >= 11 is 0. The molecule has 0 atom stereocenters. The number of hydrogen-bond acceptors (Lipinski definition) is 4. The SMILES string of the molecule is CNc1ccc2[nH]c(=O)oc(=O)c2c1. The summed E-state index contributed by atoms with van der Waals surface area (Å²) in [6.45, 7) is 0. The van der Waals surface area contributed by atoms with Crippen LogP contribution in [-0.4, -0.2) is 12.0 Å². The molecule has 72 valence electrons. The van der Waals surface area contributed by atoms with E-state index in [1.165, 1.54) is 0 Å². The monoisotopic (exact) mass is 192 g/mol. The lowest BCUT2D eigenvalue weighted by molar-refractivity contribution is 0.460. The summed E-state index contributed by atoms with van der Waals surface area (Å²) < 4.78 is 4.40. The first kappa shape index (κ1) is 8.55. The molecule has 14 heavy (non-hydrogen) atoms. The van der Waals surface area contributed by atoms with E-state index in [9.17, 15) is 9.59 Å². The maximum atomic E-state index is 11.3. The zero-order valence-electron chi connectivity index (χ0n) is 7.46. The van der Waals surface area contributed by atoms with Crippen molar-refractivity contribution in [1.82, 2.24) is 4.98 Å². The van der Waals surface area contributed by atoms with Crippen molar-refractivity contribution < 1.29 is 4.42 Å². The number of hydrogen-bond donors (Lipinski definition) is 2. The van der Waals surface area contributed by atoms with Crippen molar-refractivity contribution in [2.75, 3.05) is 12.4 Å². The molecule has 0 spiro atoms. The van der Waals surface area contributed by atoms with Gasteiger partial charge in [0.05, 0.1) is 10.9 Å². The summed E-state index contributed by atoms with van der Waals surface area (Å²) in [6.07, 6.45) is 0. The summed E-state index contributed by atoms with van der Waals surface area (Å²) in [7, 11) is 1.74. The minimum atomic E-state index is -0.736. The minimum absolute atomic E-state index is 0.358. The number of rotatable bonds is 1. The zero-order chi connectivity index (χ0) is 10.1. The lowest BCUT2D eigenvalue weighted by Gasteiger charge is -2.00. The molecule has 0 unspecified atom stereocenters. The third-order valence-electron chi connectivity index (χ3n) is 1.95. The Morgan fingerprint density at radius 2 is 2.14 bits per heavy atom. The molecule has 0 aliphatic carbocycles. The van der Waals surface area contributed by atoms with Gasteiger partial charge in [-0.2, -0.15) is 0 Å². The Morgan fingerprint density at radius 1 is 1.36 bits per heavy atom. The van der Waals surface area contributed by atoms with Gasteiger partial charge in [-0.25, -0.2) is 9.59 Å². The van der Waals surface area contributed by atoms with Gasteiger partial charge in [0.1, 0.15) is 0 Å². The van der Waals surface area contributed by atoms with E-state index in [1.54, 1.807) is 25.2 Å². The molecule has 0 aliphatic heterocycles. The second-order valence-electron chi connectivity index (χ2n) is 2.81. The highest BCUT2D eigenvalue weighted by molar-refractivity contribution is 5.80. The van der Waals surface area contributed by atoms with Gasteiger partial charge in [0.25, 0.3) is 0 Å². The third-order valence-corrected chi connectivity index (χ3v) is 1.95. The second kappa shape index (κ2) is 3.02. The Kier molecular flexibility index (Phi) is 1.85. The highest BCUT2D eigenvalue weighted by Crippen LogP contribution is 2.12. The number of aromatic amines is 1. The number of fused-ring (bicyclic) bond motifs is 1. The van der Waals surface area contributed by atoms with Gasteiger partial charge in [-0.3, -0.25) is 4.98 Å². The average Bonchev–Trinajstić information content (AvgIpc) is 2.17. The molecule has 2 rings (SSSR count). The van der Waals surface area contributed by atoms with Crippen LogP contribution in [0.3, 0.4) is 0 Å². The van der Waals surface area contributed by atoms with Gasteiger partial charge < -0.3 is 9.73 Å². The third kappa shape index (κ3) is 1.28. The van der Waals surface area contributed by atoms with E-state index in [4.69, 9.17) is 0 Å². The molecule has 2 N–H and O–H groups in total. The summed E-state index contributed by atoms with van der Waals surface area (Å²) in [5, 5.41) is 3.25. The molecule has 0 aliphatic rings.